The lowest BCUT2D eigenvalue weighted by Crippen LogP contribution is -2.35. The molecule has 0 aliphatic heterocycles. The monoisotopic (exact) mass is 332 g/mol. The van der Waals surface area contributed by atoms with Gasteiger partial charge in [0.1, 0.15) is 0 Å². The molecule has 0 spiro atoms. The van der Waals surface area contributed by atoms with Gasteiger partial charge in [0, 0.05) is 12.7 Å². The molecule has 0 aliphatic carbocycles. The molecule has 23 heavy (non-hydrogen) atoms. The molecule has 0 fully saturated rings. The van der Waals surface area contributed by atoms with Gasteiger partial charge in [0.25, 0.3) is 0 Å². The van der Waals surface area contributed by atoms with E-state index in [9.17, 15) is 13.2 Å². The molecular weight excluding hydrogens is 312 g/mol. The van der Waals surface area contributed by atoms with Crippen molar-refractivity contribution in [3.05, 3.63) is 59.7 Å². The minimum atomic E-state index is -3.67. The van der Waals surface area contributed by atoms with Gasteiger partial charge in [-0.25, -0.2) is 8.42 Å². The summed E-state index contributed by atoms with van der Waals surface area (Å²) in [6.45, 7) is 3.55. The molecule has 0 aromatic heterocycles. The van der Waals surface area contributed by atoms with Crippen LogP contribution in [0.25, 0.3) is 0 Å². The molecule has 0 radical (unpaired) electrons. The number of benzene rings is 2. The summed E-state index contributed by atoms with van der Waals surface area (Å²) < 4.78 is 25.8. The minimum absolute atomic E-state index is 0.169. The van der Waals surface area contributed by atoms with E-state index >= 15 is 0 Å². The Labute approximate surface area is 137 Å². The summed E-state index contributed by atoms with van der Waals surface area (Å²) in [5.41, 5.74) is 2.60. The third kappa shape index (κ3) is 3.97. The highest BCUT2D eigenvalue weighted by Gasteiger charge is 2.22. The van der Waals surface area contributed by atoms with Gasteiger partial charge in [-0.15, -0.1) is 0 Å². The molecular formula is C17H20N2O3S. The van der Waals surface area contributed by atoms with Gasteiger partial charge in [0.15, 0.2) is 0 Å². The Morgan fingerprint density at radius 2 is 1.57 bits per heavy atom. The maximum Gasteiger partial charge on any atom is 0.243 e. The van der Waals surface area contributed by atoms with Crippen molar-refractivity contribution in [1.29, 1.82) is 0 Å². The molecule has 0 unspecified atom stereocenters. The second-order valence-corrected chi connectivity index (χ2v) is 7.43. The summed E-state index contributed by atoms with van der Waals surface area (Å²) in [7, 11) is -2.28. The molecule has 5 nitrogen and oxygen atoms in total. The minimum Gasteiger partial charge on any atom is -0.324 e. The highest BCUT2D eigenvalue weighted by Crippen LogP contribution is 2.19. The van der Waals surface area contributed by atoms with Gasteiger partial charge in [-0.2, -0.15) is 4.31 Å². The zero-order valence-corrected chi connectivity index (χ0v) is 14.2. The lowest BCUT2D eigenvalue weighted by molar-refractivity contribution is -0.116. The Kier molecular flexibility index (Phi) is 5.18. The number of nitrogens with zero attached hydrogens (tertiary/aromatic N) is 1. The van der Waals surface area contributed by atoms with E-state index < -0.39 is 10.0 Å². The van der Waals surface area contributed by atoms with Crippen LogP contribution in [0.15, 0.2) is 53.4 Å². The molecule has 0 atom stereocenters. The van der Waals surface area contributed by atoms with E-state index in [1.807, 2.05) is 32.0 Å². The van der Waals surface area contributed by atoms with E-state index in [1.54, 1.807) is 18.2 Å². The molecule has 1 N–H and O–H groups in total. The largest absolute Gasteiger partial charge is 0.324 e. The van der Waals surface area contributed by atoms with Crippen LogP contribution in [0.2, 0.25) is 0 Å². The Bertz CT molecular complexity index is 782. The molecule has 2 aromatic carbocycles. The molecule has 0 aliphatic rings. The van der Waals surface area contributed by atoms with Crippen molar-refractivity contribution in [1.82, 2.24) is 4.31 Å². The number of aryl methyl sites for hydroxylation is 2. The molecule has 0 bridgehead atoms. The number of carbonyl (C=O) groups is 1. The Morgan fingerprint density at radius 3 is 2.13 bits per heavy atom. The van der Waals surface area contributed by atoms with Gasteiger partial charge >= 0.3 is 0 Å². The molecule has 2 rings (SSSR count). The van der Waals surface area contributed by atoms with Crippen LogP contribution in [0.3, 0.4) is 0 Å². The summed E-state index contributed by atoms with van der Waals surface area (Å²) >= 11 is 0. The standard InChI is InChI=1S/C17H20N2O3S/c1-13-8-7-9-14(2)17(13)18-16(20)12-19(3)23(21,22)15-10-5-4-6-11-15/h4-11H,12H2,1-3H3,(H,18,20). The van der Waals surface area contributed by atoms with E-state index in [0.29, 0.717) is 0 Å². The second kappa shape index (κ2) is 6.93. The van der Waals surface area contributed by atoms with Crippen molar-refractivity contribution >= 4 is 21.6 Å². The van der Waals surface area contributed by atoms with Crippen LogP contribution in [0.1, 0.15) is 11.1 Å². The molecule has 1 amide bonds. The Balaban J connectivity index is 2.11. The first-order valence-electron chi connectivity index (χ1n) is 7.20. The zero-order valence-electron chi connectivity index (χ0n) is 13.4. The quantitative estimate of drug-likeness (QED) is 0.915. The van der Waals surface area contributed by atoms with Gasteiger partial charge in [-0.05, 0) is 37.1 Å². The summed E-state index contributed by atoms with van der Waals surface area (Å²) in [4.78, 5) is 12.4. The summed E-state index contributed by atoms with van der Waals surface area (Å²) in [5.74, 6) is -0.371. The fourth-order valence-electron chi connectivity index (χ4n) is 2.25. The van der Waals surface area contributed by atoms with Gasteiger partial charge in [-0.1, -0.05) is 36.4 Å². The maximum absolute atomic E-state index is 12.4. The van der Waals surface area contributed by atoms with E-state index in [-0.39, 0.29) is 17.3 Å². The van der Waals surface area contributed by atoms with Crippen LogP contribution in [0, 0.1) is 13.8 Å². The number of carbonyl (C=O) groups excluding carboxylic acids is 1. The van der Waals surface area contributed by atoms with Crippen molar-refractivity contribution in [2.45, 2.75) is 18.7 Å². The number of amides is 1. The lowest BCUT2D eigenvalue weighted by Gasteiger charge is -2.18. The van der Waals surface area contributed by atoms with Crippen LogP contribution in [0.4, 0.5) is 5.69 Å². The zero-order chi connectivity index (χ0) is 17.0. The molecule has 122 valence electrons. The fraction of sp³-hybridized carbons (Fsp3) is 0.235. The summed E-state index contributed by atoms with van der Waals surface area (Å²) in [5, 5.41) is 2.79. The number of nitrogens with one attached hydrogen (secondary N) is 1. The van der Waals surface area contributed by atoms with Crippen molar-refractivity contribution in [2.24, 2.45) is 0 Å². The van der Waals surface area contributed by atoms with Crippen molar-refractivity contribution < 1.29 is 13.2 Å². The first-order valence-corrected chi connectivity index (χ1v) is 8.64. The number of rotatable bonds is 5. The lowest BCUT2D eigenvalue weighted by atomic mass is 10.1. The van der Waals surface area contributed by atoms with Crippen molar-refractivity contribution in [3.63, 3.8) is 0 Å². The van der Waals surface area contributed by atoms with Crippen LogP contribution in [-0.2, 0) is 14.8 Å². The Hall–Kier alpha value is -2.18. The van der Waals surface area contributed by atoms with E-state index in [1.165, 1.54) is 19.2 Å². The number of hydrogen-bond acceptors (Lipinski definition) is 3. The average molecular weight is 332 g/mol. The van der Waals surface area contributed by atoms with Gasteiger partial charge in [0.05, 0.1) is 11.4 Å². The second-order valence-electron chi connectivity index (χ2n) is 5.39. The molecule has 2 aromatic rings. The first-order chi connectivity index (χ1) is 10.8. The normalized spacial score (nSPS) is 11.5. The third-order valence-electron chi connectivity index (χ3n) is 3.56. The third-order valence-corrected chi connectivity index (χ3v) is 5.38. The van der Waals surface area contributed by atoms with Crippen molar-refractivity contribution in [2.75, 3.05) is 18.9 Å². The summed E-state index contributed by atoms with van der Waals surface area (Å²) in [6.07, 6.45) is 0. The molecule has 0 heterocycles. The Morgan fingerprint density at radius 1 is 1.00 bits per heavy atom. The van der Waals surface area contributed by atoms with Crippen LogP contribution < -0.4 is 5.32 Å². The maximum atomic E-state index is 12.4. The first kappa shape index (κ1) is 17.2. The van der Waals surface area contributed by atoms with E-state index in [2.05, 4.69) is 5.32 Å². The van der Waals surface area contributed by atoms with Crippen LogP contribution in [-0.4, -0.2) is 32.2 Å². The van der Waals surface area contributed by atoms with Gasteiger partial charge in [-0.3, -0.25) is 4.79 Å². The van der Waals surface area contributed by atoms with E-state index in [4.69, 9.17) is 0 Å². The fourth-order valence-corrected chi connectivity index (χ4v) is 3.40. The number of para-hydroxylation sites is 1. The highest BCUT2D eigenvalue weighted by atomic mass is 32.2. The predicted molar refractivity (Wildman–Crippen MR) is 90.8 cm³/mol. The number of hydrogen-bond donors (Lipinski definition) is 1. The predicted octanol–water partition coefficient (Wildman–Crippen LogP) is 2.56. The van der Waals surface area contributed by atoms with Crippen LogP contribution in [0.5, 0.6) is 0 Å². The molecule has 6 heteroatoms. The van der Waals surface area contributed by atoms with Crippen molar-refractivity contribution in [3.8, 4) is 0 Å². The average Bonchev–Trinajstić information content (AvgIpc) is 2.52. The van der Waals surface area contributed by atoms with E-state index in [0.717, 1.165) is 21.1 Å². The number of anilines is 1. The van der Waals surface area contributed by atoms with Gasteiger partial charge < -0.3 is 5.32 Å². The van der Waals surface area contributed by atoms with Gasteiger partial charge in [0.2, 0.25) is 15.9 Å². The topological polar surface area (TPSA) is 66.5 Å². The number of likely N-dealkylation sites (N-methyl/N-ethyl adjacent to an activating group) is 1. The SMILES string of the molecule is Cc1cccc(C)c1NC(=O)CN(C)S(=O)(=O)c1ccccc1. The highest BCUT2D eigenvalue weighted by molar-refractivity contribution is 7.89. The molecule has 0 saturated carbocycles. The molecule has 0 saturated heterocycles. The van der Waals surface area contributed by atoms with Crippen LogP contribution >= 0.6 is 0 Å². The summed E-state index contributed by atoms with van der Waals surface area (Å²) in [6, 6.07) is 13.8. The number of sulfonamides is 1. The smallest absolute Gasteiger partial charge is 0.243 e.